The number of esters is 2. The molecule has 0 radical (unpaired) electrons. The fraction of sp³-hybridized carbons (Fsp3) is 0.913. The Labute approximate surface area is 166 Å². The number of rotatable bonds is 13. The summed E-state index contributed by atoms with van der Waals surface area (Å²) in [6.07, 6.45) is 10.8. The normalized spacial score (nSPS) is 20.1. The highest BCUT2D eigenvalue weighted by Gasteiger charge is 2.31. The molecule has 0 heterocycles. The molecule has 1 rings (SSSR count). The van der Waals surface area contributed by atoms with E-state index >= 15 is 0 Å². The van der Waals surface area contributed by atoms with Crippen LogP contribution in [0.25, 0.3) is 0 Å². The van der Waals surface area contributed by atoms with Gasteiger partial charge in [-0.05, 0) is 56.8 Å². The number of carbonyl (C=O) groups is 2. The van der Waals surface area contributed by atoms with Crippen molar-refractivity contribution in [2.24, 2.45) is 23.7 Å². The van der Waals surface area contributed by atoms with Crippen molar-refractivity contribution < 1.29 is 19.1 Å². The van der Waals surface area contributed by atoms with E-state index in [2.05, 4.69) is 27.7 Å². The molecule has 0 aromatic rings. The van der Waals surface area contributed by atoms with Crippen LogP contribution >= 0.6 is 0 Å². The van der Waals surface area contributed by atoms with Gasteiger partial charge in [-0.1, -0.05) is 53.4 Å². The molecule has 0 unspecified atom stereocenters. The van der Waals surface area contributed by atoms with Gasteiger partial charge in [0.1, 0.15) is 0 Å². The van der Waals surface area contributed by atoms with E-state index < -0.39 is 0 Å². The van der Waals surface area contributed by atoms with Gasteiger partial charge in [0.25, 0.3) is 0 Å². The molecule has 0 aromatic heterocycles. The zero-order chi connectivity index (χ0) is 20.1. The van der Waals surface area contributed by atoms with Gasteiger partial charge in [0.15, 0.2) is 0 Å². The van der Waals surface area contributed by atoms with Crippen LogP contribution in [0.4, 0.5) is 0 Å². The molecule has 1 saturated carbocycles. The molecule has 0 amide bonds. The molecule has 0 saturated heterocycles. The summed E-state index contributed by atoms with van der Waals surface area (Å²) in [6.45, 7) is 9.96. The van der Waals surface area contributed by atoms with Crippen LogP contribution in [0.1, 0.15) is 98.3 Å². The van der Waals surface area contributed by atoms with Gasteiger partial charge < -0.3 is 9.47 Å². The zero-order valence-corrected chi connectivity index (χ0v) is 18.1. The number of ether oxygens (including phenoxy) is 2. The maximum Gasteiger partial charge on any atom is 0.308 e. The second-order valence-corrected chi connectivity index (χ2v) is 9.02. The molecule has 0 atom stereocenters. The molecule has 0 aromatic carbocycles. The molecule has 158 valence electrons. The lowest BCUT2D eigenvalue weighted by molar-refractivity contribution is -0.155. The molecule has 4 heteroatoms. The van der Waals surface area contributed by atoms with Gasteiger partial charge in [-0.3, -0.25) is 9.59 Å². The predicted molar refractivity (Wildman–Crippen MR) is 109 cm³/mol. The van der Waals surface area contributed by atoms with Crippen molar-refractivity contribution in [1.82, 2.24) is 0 Å². The van der Waals surface area contributed by atoms with E-state index in [1.165, 1.54) is 19.3 Å². The van der Waals surface area contributed by atoms with Gasteiger partial charge in [0.2, 0.25) is 0 Å². The minimum Gasteiger partial charge on any atom is -0.465 e. The average molecular weight is 383 g/mol. The second kappa shape index (κ2) is 14.0. The van der Waals surface area contributed by atoms with E-state index in [1.807, 2.05) is 0 Å². The fourth-order valence-corrected chi connectivity index (χ4v) is 3.63. The lowest BCUT2D eigenvalue weighted by atomic mass is 9.82. The summed E-state index contributed by atoms with van der Waals surface area (Å²) in [7, 11) is 0. The first-order valence-electron chi connectivity index (χ1n) is 11.2. The largest absolute Gasteiger partial charge is 0.465 e. The highest BCUT2D eigenvalue weighted by atomic mass is 16.5. The molecule has 0 spiro atoms. The summed E-state index contributed by atoms with van der Waals surface area (Å²) < 4.78 is 10.9. The van der Waals surface area contributed by atoms with Gasteiger partial charge in [-0.2, -0.15) is 0 Å². The first-order valence-corrected chi connectivity index (χ1v) is 11.2. The highest BCUT2D eigenvalue weighted by Crippen LogP contribution is 2.30. The van der Waals surface area contributed by atoms with E-state index in [4.69, 9.17) is 9.47 Å². The molecular weight excluding hydrogens is 340 g/mol. The third-order valence-corrected chi connectivity index (χ3v) is 5.48. The summed E-state index contributed by atoms with van der Waals surface area (Å²) in [5, 5.41) is 0. The summed E-state index contributed by atoms with van der Waals surface area (Å²) in [5.41, 5.74) is 0. The Bertz CT molecular complexity index is 409. The summed E-state index contributed by atoms with van der Waals surface area (Å²) in [4.78, 5) is 24.3. The number of unbranched alkanes of at least 4 members (excludes halogenated alkanes) is 3. The van der Waals surface area contributed by atoms with Crippen LogP contribution in [-0.2, 0) is 19.1 Å². The van der Waals surface area contributed by atoms with Crippen molar-refractivity contribution in [2.75, 3.05) is 13.2 Å². The molecule has 27 heavy (non-hydrogen) atoms. The van der Waals surface area contributed by atoms with Crippen LogP contribution in [0.3, 0.4) is 0 Å². The van der Waals surface area contributed by atoms with Crippen molar-refractivity contribution in [3.05, 3.63) is 0 Å². The first kappa shape index (κ1) is 24.0. The topological polar surface area (TPSA) is 52.6 Å². The van der Waals surface area contributed by atoms with Crippen LogP contribution in [0.2, 0.25) is 0 Å². The number of hydrogen-bond donors (Lipinski definition) is 0. The van der Waals surface area contributed by atoms with E-state index in [0.717, 1.165) is 57.3 Å². The zero-order valence-electron chi connectivity index (χ0n) is 18.1. The Morgan fingerprint density at radius 2 is 1.04 bits per heavy atom. The van der Waals surface area contributed by atoms with Crippen LogP contribution in [0.15, 0.2) is 0 Å². The van der Waals surface area contributed by atoms with E-state index in [-0.39, 0.29) is 23.8 Å². The van der Waals surface area contributed by atoms with E-state index in [9.17, 15) is 9.59 Å². The minimum absolute atomic E-state index is 0.0317. The maximum absolute atomic E-state index is 12.2. The monoisotopic (exact) mass is 382 g/mol. The highest BCUT2D eigenvalue weighted by molar-refractivity contribution is 5.75. The van der Waals surface area contributed by atoms with Gasteiger partial charge in [0.05, 0.1) is 25.0 Å². The molecule has 1 aliphatic rings. The maximum atomic E-state index is 12.2. The molecule has 1 fully saturated rings. The molecular formula is C23H42O4. The molecule has 1 aliphatic carbocycles. The minimum atomic E-state index is -0.0727. The fourth-order valence-electron chi connectivity index (χ4n) is 3.63. The third kappa shape index (κ3) is 11.4. The van der Waals surface area contributed by atoms with Crippen LogP contribution in [0, 0.1) is 23.7 Å². The van der Waals surface area contributed by atoms with Gasteiger partial charge in [0, 0.05) is 0 Å². The van der Waals surface area contributed by atoms with Crippen LogP contribution < -0.4 is 0 Å². The van der Waals surface area contributed by atoms with E-state index in [0.29, 0.717) is 19.1 Å². The summed E-state index contributed by atoms with van der Waals surface area (Å²) >= 11 is 0. The van der Waals surface area contributed by atoms with E-state index in [1.54, 1.807) is 0 Å². The smallest absolute Gasteiger partial charge is 0.308 e. The third-order valence-electron chi connectivity index (χ3n) is 5.48. The number of carbonyl (C=O) groups excluding carboxylic acids is 2. The van der Waals surface area contributed by atoms with Crippen molar-refractivity contribution in [2.45, 2.75) is 98.3 Å². The van der Waals surface area contributed by atoms with Crippen LogP contribution in [0.5, 0.6) is 0 Å². The lowest BCUT2D eigenvalue weighted by Crippen LogP contribution is -2.28. The van der Waals surface area contributed by atoms with Gasteiger partial charge in [-0.25, -0.2) is 0 Å². The second-order valence-electron chi connectivity index (χ2n) is 9.02. The summed E-state index contributed by atoms with van der Waals surface area (Å²) in [6, 6.07) is 0. The van der Waals surface area contributed by atoms with Crippen molar-refractivity contribution in [1.29, 1.82) is 0 Å². The van der Waals surface area contributed by atoms with Gasteiger partial charge in [-0.15, -0.1) is 0 Å². The average Bonchev–Trinajstić information content (AvgIpc) is 2.63. The molecule has 4 nitrogen and oxygen atoms in total. The molecule has 0 aliphatic heterocycles. The predicted octanol–water partition coefficient (Wildman–Crippen LogP) is 5.92. The Kier molecular flexibility index (Phi) is 12.4. The SMILES string of the molecule is CC(C)CCCCCOC(=O)C1CCC(C(=O)OCCCCC(C)C)CC1. The van der Waals surface area contributed by atoms with Crippen molar-refractivity contribution in [3.63, 3.8) is 0 Å². The Balaban J connectivity index is 2.08. The quantitative estimate of drug-likeness (QED) is 0.293. The van der Waals surface area contributed by atoms with Crippen molar-refractivity contribution in [3.8, 4) is 0 Å². The summed E-state index contributed by atoms with van der Waals surface area (Å²) in [5.74, 6) is 1.24. The molecule has 0 bridgehead atoms. The standard InChI is InChI=1S/C23H42O4/c1-18(2)10-6-5-8-16-26-22(24)20-12-14-21(15-13-20)23(25)27-17-9-7-11-19(3)4/h18-21H,5-17H2,1-4H3. The lowest BCUT2D eigenvalue weighted by Gasteiger charge is -2.26. The van der Waals surface area contributed by atoms with Crippen molar-refractivity contribution >= 4 is 11.9 Å². The molecule has 0 N–H and O–H groups in total. The van der Waals surface area contributed by atoms with Crippen LogP contribution in [-0.4, -0.2) is 25.2 Å². The Morgan fingerprint density at radius 1 is 0.667 bits per heavy atom. The number of hydrogen-bond acceptors (Lipinski definition) is 4. The Hall–Kier alpha value is -1.06. The Morgan fingerprint density at radius 3 is 1.44 bits per heavy atom. The van der Waals surface area contributed by atoms with Gasteiger partial charge >= 0.3 is 11.9 Å². The first-order chi connectivity index (χ1) is 12.9.